The van der Waals surface area contributed by atoms with Crippen LogP contribution in [0.5, 0.6) is 0 Å². The highest BCUT2D eigenvalue weighted by atomic mass is 16.5. The van der Waals surface area contributed by atoms with E-state index in [0.717, 1.165) is 25.7 Å². The van der Waals surface area contributed by atoms with Gasteiger partial charge in [0.15, 0.2) is 5.58 Å². The molecule has 1 aromatic heterocycles. The molecule has 1 aliphatic carbocycles. The Hall–Kier alpha value is -2.57. The molecule has 1 amide bonds. The average molecular weight is 318 g/mol. The van der Waals surface area contributed by atoms with E-state index in [1.54, 1.807) is 6.07 Å². The number of nitrogens with zero attached hydrogens (tertiary/aromatic N) is 1. The molecule has 0 atom stereocenters. The van der Waals surface area contributed by atoms with Crippen molar-refractivity contribution >= 4 is 23.0 Å². The normalized spacial score (nSPS) is 15.0. The Morgan fingerprint density at radius 2 is 2.09 bits per heavy atom. The number of carbonyl (C=O) groups is 2. The second-order valence-corrected chi connectivity index (χ2v) is 5.68. The molecule has 1 aliphatic rings. The van der Waals surface area contributed by atoms with Gasteiger partial charge in [-0.3, -0.25) is 9.36 Å². The summed E-state index contributed by atoms with van der Waals surface area (Å²) >= 11 is 0. The summed E-state index contributed by atoms with van der Waals surface area (Å²) in [5.74, 6) is -1.34. The zero-order valence-corrected chi connectivity index (χ0v) is 12.8. The number of methoxy groups -OCH3 is 1. The standard InChI is InChI=1S/C16H18N2O5/c1-22-15(20)10-6-7-12-13(8-10)23-16(21)18(12)9-14(19)17-11-4-2-3-5-11/h6-8,11H,2-5,9H2,1H3,(H,17,19). The number of rotatable bonds is 4. The SMILES string of the molecule is COC(=O)c1ccc2c(c1)oc(=O)n2CC(=O)NC1CCCC1. The van der Waals surface area contributed by atoms with Crippen molar-refractivity contribution in [2.24, 2.45) is 0 Å². The first kappa shape index (κ1) is 15.3. The lowest BCUT2D eigenvalue weighted by Crippen LogP contribution is -2.36. The largest absolute Gasteiger partial charge is 0.465 e. The Kier molecular flexibility index (Phi) is 4.18. The highest BCUT2D eigenvalue weighted by Crippen LogP contribution is 2.18. The fourth-order valence-corrected chi connectivity index (χ4v) is 2.95. The molecule has 0 aliphatic heterocycles. The third kappa shape index (κ3) is 3.13. The lowest BCUT2D eigenvalue weighted by molar-refractivity contribution is -0.122. The molecular formula is C16H18N2O5. The van der Waals surface area contributed by atoms with Crippen LogP contribution in [-0.2, 0) is 16.1 Å². The van der Waals surface area contributed by atoms with Gasteiger partial charge in [-0.1, -0.05) is 12.8 Å². The first-order chi connectivity index (χ1) is 11.1. The lowest BCUT2D eigenvalue weighted by Gasteiger charge is -2.11. The van der Waals surface area contributed by atoms with Crippen LogP contribution in [0.1, 0.15) is 36.0 Å². The molecule has 3 rings (SSSR count). The number of fused-ring (bicyclic) bond motifs is 1. The minimum absolute atomic E-state index is 0.0973. The van der Waals surface area contributed by atoms with Gasteiger partial charge in [0.25, 0.3) is 0 Å². The third-order valence-electron chi connectivity index (χ3n) is 4.11. The number of aromatic nitrogens is 1. The minimum atomic E-state index is -0.622. The molecular weight excluding hydrogens is 300 g/mol. The number of amides is 1. The van der Waals surface area contributed by atoms with Crippen LogP contribution in [0.3, 0.4) is 0 Å². The van der Waals surface area contributed by atoms with E-state index in [9.17, 15) is 14.4 Å². The number of esters is 1. The second kappa shape index (κ2) is 6.28. The third-order valence-corrected chi connectivity index (χ3v) is 4.11. The fourth-order valence-electron chi connectivity index (χ4n) is 2.95. The molecule has 1 N–H and O–H groups in total. The van der Waals surface area contributed by atoms with Crippen LogP contribution in [0.4, 0.5) is 0 Å². The Morgan fingerprint density at radius 1 is 1.35 bits per heavy atom. The molecule has 1 saturated carbocycles. The first-order valence-corrected chi connectivity index (χ1v) is 7.59. The van der Waals surface area contributed by atoms with Crippen molar-refractivity contribution in [1.82, 2.24) is 9.88 Å². The van der Waals surface area contributed by atoms with Crippen molar-refractivity contribution in [3.8, 4) is 0 Å². The van der Waals surface area contributed by atoms with Gasteiger partial charge in [-0.2, -0.15) is 0 Å². The maximum Gasteiger partial charge on any atom is 0.420 e. The topological polar surface area (TPSA) is 90.5 Å². The summed E-state index contributed by atoms with van der Waals surface area (Å²) in [7, 11) is 1.28. The van der Waals surface area contributed by atoms with Gasteiger partial charge in [-0.05, 0) is 31.0 Å². The van der Waals surface area contributed by atoms with Gasteiger partial charge in [0.05, 0.1) is 18.2 Å². The van der Waals surface area contributed by atoms with Crippen LogP contribution in [0, 0.1) is 0 Å². The van der Waals surface area contributed by atoms with Gasteiger partial charge >= 0.3 is 11.7 Å². The smallest absolute Gasteiger partial charge is 0.420 e. The number of carbonyl (C=O) groups excluding carboxylic acids is 2. The first-order valence-electron chi connectivity index (χ1n) is 7.59. The fraction of sp³-hybridized carbons (Fsp3) is 0.438. The number of nitrogens with one attached hydrogen (secondary N) is 1. The van der Waals surface area contributed by atoms with Crippen LogP contribution < -0.4 is 11.1 Å². The van der Waals surface area contributed by atoms with E-state index >= 15 is 0 Å². The van der Waals surface area contributed by atoms with Crippen LogP contribution in [0.15, 0.2) is 27.4 Å². The molecule has 2 aromatic rings. The van der Waals surface area contributed by atoms with Crippen LogP contribution in [0.25, 0.3) is 11.1 Å². The molecule has 0 unspecified atom stereocenters. The molecule has 7 heteroatoms. The molecule has 1 fully saturated rings. The molecule has 7 nitrogen and oxygen atoms in total. The molecule has 1 heterocycles. The number of hydrogen-bond acceptors (Lipinski definition) is 5. The van der Waals surface area contributed by atoms with Crippen molar-refractivity contribution in [1.29, 1.82) is 0 Å². The van der Waals surface area contributed by atoms with E-state index in [4.69, 9.17) is 4.42 Å². The van der Waals surface area contributed by atoms with Gasteiger partial charge in [-0.25, -0.2) is 9.59 Å². The van der Waals surface area contributed by atoms with E-state index in [0.29, 0.717) is 5.52 Å². The number of ether oxygens (including phenoxy) is 1. The predicted octanol–water partition coefficient (Wildman–Crippen LogP) is 1.44. The van der Waals surface area contributed by atoms with E-state index in [1.165, 1.54) is 23.8 Å². The zero-order chi connectivity index (χ0) is 16.4. The van der Waals surface area contributed by atoms with E-state index in [-0.39, 0.29) is 29.6 Å². The second-order valence-electron chi connectivity index (χ2n) is 5.68. The highest BCUT2D eigenvalue weighted by molar-refractivity contribution is 5.93. The molecule has 122 valence electrons. The van der Waals surface area contributed by atoms with Crippen molar-refractivity contribution in [3.05, 3.63) is 34.3 Å². The molecule has 0 saturated heterocycles. The van der Waals surface area contributed by atoms with E-state index in [2.05, 4.69) is 10.1 Å². The minimum Gasteiger partial charge on any atom is -0.465 e. The summed E-state index contributed by atoms with van der Waals surface area (Å²) in [6.45, 7) is -0.0973. The summed E-state index contributed by atoms with van der Waals surface area (Å²) in [4.78, 5) is 35.6. The van der Waals surface area contributed by atoms with Gasteiger partial charge in [-0.15, -0.1) is 0 Å². The number of oxazole rings is 1. The van der Waals surface area contributed by atoms with Crippen molar-refractivity contribution < 1.29 is 18.7 Å². The van der Waals surface area contributed by atoms with Gasteiger partial charge in [0.2, 0.25) is 5.91 Å². The summed E-state index contributed by atoms with van der Waals surface area (Å²) < 4.78 is 11.0. The van der Waals surface area contributed by atoms with Gasteiger partial charge in [0.1, 0.15) is 6.54 Å². The maximum absolute atomic E-state index is 12.1. The number of benzene rings is 1. The van der Waals surface area contributed by atoms with E-state index in [1.807, 2.05) is 0 Å². The zero-order valence-electron chi connectivity index (χ0n) is 12.8. The quantitative estimate of drug-likeness (QED) is 0.861. The molecule has 1 aromatic carbocycles. The van der Waals surface area contributed by atoms with Crippen LogP contribution in [-0.4, -0.2) is 29.6 Å². The van der Waals surface area contributed by atoms with Crippen molar-refractivity contribution in [2.75, 3.05) is 7.11 Å². The van der Waals surface area contributed by atoms with Crippen LogP contribution in [0.2, 0.25) is 0 Å². The average Bonchev–Trinajstić information content (AvgIpc) is 3.14. The Bertz CT molecular complexity index is 798. The molecule has 0 bridgehead atoms. The van der Waals surface area contributed by atoms with Crippen molar-refractivity contribution in [2.45, 2.75) is 38.3 Å². The summed E-state index contributed by atoms with van der Waals surface area (Å²) in [6, 6.07) is 4.75. The molecule has 23 heavy (non-hydrogen) atoms. The molecule has 0 spiro atoms. The Labute approximate surface area is 132 Å². The summed E-state index contributed by atoms with van der Waals surface area (Å²) in [5, 5.41) is 2.93. The Balaban J connectivity index is 1.83. The van der Waals surface area contributed by atoms with Crippen LogP contribution >= 0.6 is 0 Å². The van der Waals surface area contributed by atoms with Gasteiger partial charge in [0, 0.05) is 6.04 Å². The van der Waals surface area contributed by atoms with Crippen molar-refractivity contribution in [3.63, 3.8) is 0 Å². The number of hydrogen-bond donors (Lipinski definition) is 1. The lowest BCUT2D eigenvalue weighted by atomic mass is 10.2. The molecule has 0 radical (unpaired) electrons. The summed E-state index contributed by atoms with van der Waals surface area (Å²) in [5.41, 5.74) is 1.02. The monoisotopic (exact) mass is 318 g/mol. The maximum atomic E-state index is 12.1. The highest BCUT2D eigenvalue weighted by Gasteiger charge is 2.19. The predicted molar refractivity (Wildman–Crippen MR) is 82.2 cm³/mol. The van der Waals surface area contributed by atoms with Gasteiger partial charge < -0.3 is 14.5 Å². The Morgan fingerprint density at radius 3 is 2.78 bits per heavy atom. The van der Waals surface area contributed by atoms with E-state index < -0.39 is 11.7 Å². The summed E-state index contributed by atoms with van der Waals surface area (Å²) in [6.07, 6.45) is 4.20.